The molecule has 0 bridgehead atoms. The summed E-state index contributed by atoms with van der Waals surface area (Å²) in [6, 6.07) is 6.53. The van der Waals surface area contributed by atoms with Crippen LogP contribution in [0.25, 0.3) is 11.0 Å². The van der Waals surface area contributed by atoms with Crippen LogP contribution in [0.15, 0.2) is 36.8 Å². The Morgan fingerprint density at radius 2 is 1.97 bits per heavy atom. The number of rotatable bonds is 4. The molecular formula is C23H26ClN5O5. The number of aromatic nitrogens is 3. The van der Waals surface area contributed by atoms with Gasteiger partial charge in [0.25, 0.3) is 0 Å². The minimum atomic E-state index is -1.34. The number of benzene rings is 1. The van der Waals surface area contributed by atoms with Gasteiger partial charge in [-0.1, -0.05) is 23.7 Å². The molecule has 5 rings (SSSR count). The molecule has 2 aromatic heterocycles. The van der Waals surface area contributed by atoms with Crippen LogP contribution in [0.2, 0.25) is 5.02 Å². The van der Waals surface area contributed by atoms with E-state index in [-0.39, 0.29) is 6.03 Å². The Morgan fingerprint density at radius 1 is 1.21 bits per heavy atom. The predicted octanol–water partition coefficient (Wildman–Crippen LogP) is 2.37. The van der Waals surface area contributed by atoms with Gasteiger partial charge in [-0.05, 0) is 43.0 Å². The van der Waals surface area contributed by atoms with Crippen molar-refractivity contribution < 1.29 is 24.9 Å². The number of aryl methyl sites for hydroxylation is 1. The van der Waals surface area contributed by atoms with Crippen LogP contribution in [0.1, 0.15) is 36.3 Å². The number of urea groups is 1. The number of likely N-dealkylation sites (tertiary alicyclic amines) is 1. The molecule has 0 radical (unpaired) electrons. The van der Waals surface area contributed by atoms with E-state index in [9.17, 15) is 20.1 Å². The van der Waals surface area contributed by atoms with Crippen LogP contribution < -0.4 is 5.32 Å². The molecule has 2 amide bonds. The molecule has 34 heavy (non-hydrogen) atoms. The molecule has 3 aromatic rings. The molecule has 0 spiro atoms. The minimum Gasteiger partial charge on any atom is -0.387 e. The summed E-state index contributed by atoms with van der Waals surface area (Å²) >= 11 is 6.08. The quantitative estimate of drug-likeness (QED) is 0.444. The summed E-state index contributed by atoms with van der Waals surface area (Å²) in [5.41, 5.74) is 1.71. The van der Waals surface area contributed by atoms with Gasteiger partial charge in [0, 0.05) is 24.3 Å². The summed E-state index contributed by atoms with van der Waals surface area (Å²) in [6.45, 7) is 3.23. The predicted molar refractivity (Wildman–Crippen MR) is 124 cm³/mol. The van der Waals surface area contributed by atoms with Crippen LogP contribution in [0.5, 0.6) is 0 Å². The lowest BCUT2D eigenvalue weighted by Gasteiger charge is -2.22. The Hall–Kier alpha value is -2.76. The Bertz CT molecular complexity index is 1210. The SMILES string of the molecule is Cc1cc(C(O)[C@H]2O[C@@H](n3ccc4c(NC(=O)N5CCCC5)ncnc43)[C@H](O)[C@@H]2O)ccc1Cl. The Morgan fingerprint density at radius 3 is 2.71 bits per heavy atom. The number of nitrogens with one attached hydrogen (secondary N) is 1. The third-order valence-electron chi connectivity index (χ3n) is 6.51. The van der Waals surface area contributed by atoms with Crippen molar-refractivity contribution in [2.24, 2.45) is 0 Å². The molecule has 1 unspecified atom stereocenters. The standard InChI is InChI=1S/C23H26ClN5O5/c1-12-10-13(4-5-15(12)24)16(30)19-17(31)18(32)22(34-19)29-9-6-14-20(25-11-26-21(14)29)27-23(33)28-7-2-3-8-28/h4-6,9-11,16-19,22,30-32H,2-3,7-8H2,1H3,(H,25,26,27,33)/t16?,17-,18+,19+,22+/m0/s1. The highest BCUT2D eigenvalue weighted by Crippen LogP contribution is 2.38. The molecule has 180 valence electrons. The zero-order valence-electron chi connectivity index (χ0n) is 18.5. The highest BCUT2D eigenvalue weighted by Gasteiger charge is 2.47. The summed E-state index contributed by atoms with van der Waals surface area (Å²) in [5.74, 6) is 0.349. The fourth-order valence-corrected chi connectivity index (χ4v) is 4.71. The van der Waals surface area contributed by atoms with Crippen molar-refractivity contribution >= 4 is 34.5 Å². The van der Waals surface area contributed by atoms with Crippen molar-refractivity contribution in [1.29, 1.82) is 0 Å². The highest BCUT2D eigenvalue weighted by molar-refractivity contribution is 6.31. The van der Waals surface area contributed by atoms with Gasteiger partial charge in [-0.3, -0.25) is 5.32 Å². The molecular weight excluding hydrogens is 462 g/mol. The number of carbonyl (C=O) groups is 1. The van der Waals surface area contributed by atoms with E-state index in [1.165, 1.54) is 6.33 Å². The van der Waals surface area contributed by atoms with Crippen molar-refractivity contribution in [1.82, 2.24) is 19.4 Å². The third-order valence-corrected chi connectivity index (χ3v) is 6.94. The molecule has 4 heterocycles. The molecule has 5 atom stereocenters. The van der Waals surface area contributed by atoms with E-state index in [0.29, 0.717) is 40.5 Å². The van der Waals surface area contributed by atoms with Gasteiger partial charge in [0.05, 0.1) is 5.39 Å². The second kappa shape index (κ2) is 9.12. The van der Waals surface area contributed by atoms with Crippen molar-refractivity contribution in [3.63, 3.8) is 0 Å². The zero-order valence-corrected chi connectivity index (χ0v) is 19.3. The zero-order chi connectivity index (χ0) is 24.0. The third kappa shape index (κ3) is 4.01. The fourth-order valence-electron chi connectivity index (χ4n) is 4.59. The molecule has 2 aliphatic rings. The second-order valence-electron chi connectivity index (χ2n) is 8.73. The maximum absolute atomic E-state index is 12.5. The first-order valence-corrected chi connectivity index (χ1v) is 11.6. The summed E-state index contributed by atoms with van der Waals surface area (Å²) in [4.78, 5) is 22.8. The number of aliphatic hydroxyl groups is 3. The molecule has 10 nitrogen and oxygen atoms in total. The summed E-state index contributed by atoms with van der Waals surface area (Å²) in [6.07, 6.45) is -1.00. The van der Waals surface area contributed by atoms with Gasteiger partial charge in [0.2, 0.25) is 0 Å². The monoisotopic (exact) mass is 487 g/mol. The smallest absolute Gasteiger partial charge is 0.323 e. The Labute approximate surface area is 200 Å². The highest BCUT2D eigenvalue weighted by atomic mass is 35.5. The largest absolute Gasteiger partial charge is 0.387 e. The first-order chi connectivity index (χ1) is 16.3. The molecule has 2 aliphatic heterocycles. The number of amides is 2. The molecule has 2 fully saturated rings. The molecule has 0 saturated carbocycles. The summed E-state index contributed by atoms with van der Waals surface area (Å²) in [7, 11) is 0. The molecule has 4 N–H and O–H groups in total. The second-order valence-corrected chi connectivity index (χ2v) is 9.14. The van der Waals surface area contributed by atoms with Gasteiger partial charge in [0.15, 0.2) is 6.23 Å². The minimum absolute atomic E-state index is 0.223. The number of aliphatic hydroxyl groups excluding tert-OH is 3. The molecule has 1 aromatic carbocycles. The van der Waals surface area contributed by atoms with Crippen molar-refractivity contribution in [2.75, 3.05) is 18.4 Å². The first-order valence-electron chi connectivity index (χ1n) is 11.2. The number of hydrogen-bond acceptors (Lipinski definition) is 7. The number of hydrogen-bond donors (Lipinski definition) is 4. The maximum atomic E-state index is 12.5. The van der Waals surface area contributed by atoms with E-state index in [4.69, 9.17) is 16.3 Å². The number of anilines is 1. The van der Waals surface area contributed by atoms with E-state index in [0.717, 1.165) is 18.4 Å². The first kappa shape index (κ1) is 23.0. The molecule has 11 heteroatoms. The van der Waals surface area contributed by atoms with Gasteiger partial charge >= 0.3 is 6.03 Å². The summed E-state index contributed by atoms with van der Waals surface area (Å²) < 4.78 is 7.52. The van der Waals surface area contributed by atoms with E-state index in [1.54, 1.807) is 39.9 Å². The van der Waals surface area contributed by atoms with Gasteiger partial charge in [0.1, 0.15) is 42.2 Å². The van der Waals surface area contributed by atoms with Crippen LogP contribution in [0.3, 0.4) is 0 Å². The number of fused-ring (bicyclic) bond motifs is 1. The van der Waals surface area contributed by atoms with Crippen LogP contribution in [-0.4, -0.2) is 72.2 Å². The number of carbonyl (C=O) groups excluding carboxylic acids is 1. The van der Waals surface area contributed by atoms with Crippen molar-refractivity contribution in [2.45, 2.75) is 50.4 Å². The summed E-state index contributed by atoms with van der Waals surface area (Å²) in [5, 5.41) is 36.3. The van der Waals surface area contributed by atoms with Crippen LogP contribution in [0, 0.1) is 6.92 Å². The number of halogens is 1. The lowest BCUT2D eigenvalue weighted by atomic mass is 9.98. The topological polar surface area (TPSA) is 133 Å². The van der Waals surface area contributed by atoms with Crippen LogP contribution in [-0.2, 0) is 4.74 Å². The van der Waals surface area contributed by atoms with Crippen LogP contribution in [0.4, 0.5) is 10.6 Å². The molecule has 2 saturated heterocycles. The average molecular weight is 488 g/mol. The van der Waals surface area contributed by atoms with Gasteiger partial charge in [-0.2, -0.15) is 0 Å². The van der Waals surface area contributed by atoms with Crippen LogP contribution >= 0.6 is 11.6 Å². The Kier molecular flexibility index (Phi) is 6.17. The van der Waals surface area contributed by atoms with E-state index < -0.39 is 30.6 Å². The van der Waals surface area contributed by atoms with Gasteiger partial charge in [-0.25, -0.2) is 14.8 Å². The normalized spacial score (nSPS) is 25.7. The number of ether oxygens (including phenoxy) is 1. The van der Waals surface area contributed by atoms with Crippen molar-refractivity contribution in [3.8, 4) is 0 Å². The van der Waals surface area contributed by atoms with E-state index in [2.05, 4.69) is 15.3 Å². The van der Waals surface area contributed by atoms with Gasteiger partial charge in [-0.15, -0.1) is 0 Å². The fraction of sp³-hybridized carbons (Fsp3) is 0.435. The average Bonchev–Trinajstić information content (AvgIpc) is 3.56. The lowest BCUT2D eigenvalue weighted by Crippen LogP contribution is -2.34. The van der Waals surface area contributed by atoms with E-state index in [1.807, 2.05) is 6.92 Å². The maximum Gasteiger partial charge on any atom is 0.323 e. The number of nitrogens with zero attached hydrogens (tertiary/aromatic N) is 4. The Balaban J connectivity index is 1.40. The van der Waals surface area contributed by atoms with Crippen molar-refractivity contribution in [3.05, 3.63) is 52.9 Å². The van der Waals surface area contributed by atoms with E-state index >= 15 is 0 Å². The molecule has 0 aliphatic carbocycles. The lowest BCUT2D eigenvalue weighted by molar-refractivity contribution is -0.0848. The van der Waals surface area contributed by atoms with Gasteiger partial charge < -0.3 is 29.5 Å².